The van der Waals surface area contributed by atoms with Gasteiger partial charge in [0.2, 0.25) is 0 Å². The van der Waals surface area contributed by atoms with Gasteiger partial charge in [0.05, 0.1) is 24.8 Å². The summed E-state index contributed by atoms with van der Waals surface area (Å²) in [7, 11) is 0. The number of rotatable bonds is 5. The molecule has 1 N–H and O–H groups in total. The number of carbonyl (C=O) groups excluding carboxylic acids is 1. The van der Waals surface area contributed by atoms with Gasteiger partial charge >= 0.3 is 5.97 Å². The fraction of sp³-hybridized carbons (Fsp3) is 0.200. The maximum absolute atomic E-state index is 11.8. The van der Waals surface area contributed by atoms with Crippen LogP contribution in [0.15, 0.2) is 36.5 Å². The highest BCUT2D eigenvalue weighted by Crippen LogP contribution is 2.15. The highest BCUT2D eigenvalue weighted by atomic mass is 35.5. The van der Waals surface area contributed by atoms with Crippen LogP contribution in [0.1, 0.15) is 28.5 Å². The summed E-state index contributed by atoms with van der Waals surface area (Å²) >= 11 is 5.86. The van der Waals surface area contributed by atoms with Crippen molar-refractivity contribution in [1.82, 2.24) is 4.68 Å². The molecule has 0 atom stereocenters. The summed E-state index contributed by atoms with van der Waals surface area (Å²) in [6, 6.07) is 10.6. The van der Waals surface area contributed by atoms with Gasteiger partial charge in [-0.3, -0.25) is 4.68 Å². The van der Waals surface area contributed by atoms with E-state index in [4.69, 9.17) is 21.6 Å². The lowest BCUT2D eigenvalue weighted by molar-refractivity contribution is 0.0515. The average molecular weight is 304 g/mol. The molecule has 2 aromatic rings. The van der Waals surface area contributed by atoms with E-state index < -0.39 is 5.97 Å². The Balaban J connectivity index is 2.13. The normalized spacial score (nSPS) is 9.95. The maximum Gasteiger partial charge on any atom is 0.356 e. The van der Waals surface area contributed by atoms with Gasteiger partial charge in [-0.1, -0.05) is 17.7 Å². The van der Waals surface area contributed by atoms with Crippen molar-refractivity contribution in [2.45, 2.75) is 13.5 Å². The van der Waals surface area contributed by atoms with Crippen LogP contribution in [0.5, 0.6) is 0 Å². The van der Waals surface area contributed by atoms with E-state index in [1.165, 1.54) is 0 Å². The van der Waals surface area contributed by atoms with Gasteiger partial charge in [0.1, 0.15) is 5.69 Å². The molecule has 6 heteroatoms. The second kappa shape index (κ2) is 6.82. The second-order valence-corrected chi connectivity index (χ2v) is 4.67. The maximum atomic E-state index is 11.8. The van der Waals surface area contributed by atoms with Crippen molar-refractivity contribution < 1.29 is 9.53 Å². The smallest absolute Gasteiger partial charge is 0.356 e. The van der Waals surface area contributed by atoms with Crippen LogP contribution in [0.25, 0.3) is 0 Å². The van der Waals surface area contributed by atoms with Crippen LogP contribution in [-0.4, -0.2) is 17.3 Å². The zero-order chi connectivity index (χ0) is 15.2. The van der Waals surface area contributed by atoms with Gasteiger partial charge in [-0.2, -0.15) is 5.26 Å². The monoisotopic (exact) mass is 303 g/mol. The van der Waals surface area contributed by atoms with Crippen molar-refractivity contribution >= 4 is 17.6 Å². The van der Waals surface area contributed by atoms with E-state index >= 15 is 0 Å². The summed E-state index contributed by atoms with van der Waals surface area (Å²) in [5, 5.41) is 9.61. The van der Waals surface area contributed by atoms with Crippen LogP contribution in [0.4, 0.5) is 0 Å². The van der Waals surface area contributed by atoms with Gasteiger partial charge in [-0.15, -0.1) is 0 Å². The van der Waals surface area contributed by atoms with Crippen LogP contribution in [-0.2, 0) is 11.3 Å². The number of hydrogen-bond donors (Lipinski definition) is 1. The Morgan fingerprint density at radius 3 is 3.00 bits per heavy atom. The third-order valence-corrected chi connectivity index (χ3v) is 3.10. The van der Waals surface area contributed by atoms with E-state index in [2.05, 4.69) is 11.5 Å². The first-order valence-corrected chi connectivity index (χ1v) is 6.80. The number of hydrogen-bond acceptors (Lipinski definition) is 4. The van der Waals surface area contributed by atoms with Crippen LogP contribution in [0.2, 0.25) is 5.02 Å². The fourth-order valence-electron chi connectivity index (χ4n) is 1.87. The van der Waals surface area contributed by atoms with E-state index in [-0.39, 0.29) is 0 Å². The molecule has 0 saturated carbocycles. The van der Waals surface area contributed by atoms with Crippen molar-refractivity contribution in [2.75, 3.05) is 12.0 Å². The van der Waals surface area contributed by atoms with E-state index in [9.17, 15) is 4.79 Å². The number of halogens is 1. The molecule has 0 amide bonds. The summed E-state index contributed by atoms with van der Waals surface area (Å²) in [4.78, 5) is 11.8. The van der Waals surface area contributed by atoms with Crippen LogP contribution >= 0.6 is 11.6 Å². The van der Waals surface area contributed by atoms with E-state index in [0.29, 0.717) is 29.4 Å². The molecule has 0 unspecified atom stereocenters. The van der Waals surface area contributed by atoms with Gasteiger partial charge < -0.3 is 10.2 Å². The third-order valence-electron chi connectivity index (χ3n) is 2.87. The van der Waals surface area contributed by atoms with Crippen LogP contribution < -0.4 is 5.43 Å². The Kier molecular flexibility index (Phi) is 4.85. The minimum Gasteiger partial charge on any atom is -0.461 e. The number of ether oxygens (including phenoxy) is 1. The zero-order valence-electron chi connectivity index (χ0n) is 11.5. The van der Waals surface area contributed by atoms with Crippen molar-refractivity contribution in [2.24, 2.45) is 0 Å². The zero-order valence-corrected chi connectivity index (χ0v) is 12.2. The molecular weight excluding hydrogens is 290 g/mol. The number of esters is 1. The molecule has 1 aromatic carbocycles. The highest BCUT2D eigenvalue weighted by molar-refractivity contribution is 6.30. The minimum absolute atomic E-state index is 0.319. The quantitative estimate of drug-likeness (QED) is 0.862. The van der Waals surface area contributed by atoms with Gasteiger partial charge in [0, 0.05) is 11.2 Å². The summed E-state index contributed by atoms with van der Waals surface area (Å²) in [5.41, 5.74) is 4.77. The van der Waals surface area contributed by atoms with Gasteiger partial charge in [0.25, 0.3) is 0 Å². The number of carbonyl (C=O) groups is 1. The number of nitriles is 1. The molecule has 21 heavy (non-hydrogen) atoms. The lowest BCUT2D eigenvalue weighted by Gasteiger charge is -2.12. The predicted octanol–water partition coefficient (Wildman–Crippen LogP) is 2.93. The molecule has 0 fully saturated rings. The predicted molar refractivity (Wildman–Crippen MR) is 79.6 cm³/mol. The first-order valence-electron chi connectivity index (χ1n) is 6.42. The number of nitrogens with one attached hydrogen (secondary N) is 1. The molecule has 0 saturated heterocycles. The number of aromatic nitrogens is 1. The number of nitrogens with zero attached hydrogens (tertiary/aromatic N) is 2. The SMILES string of the molecule is CCOC(=O)c1cccn1NCc1ccc(Cl)cc1C#N. The summed E-state index contributed by atoms with van der Waals surface area (Å²) in [6.07, 6.45) is 1.72. The van der Waals surface area contributed by atoms with E-state index in [1.807, 2.05) is 0 Å². The summed E-state index contributed by atoms with van der Waals surface area (Å²) in [5.74, 6) is -0.397. The Bertz CT molecular complexity index is 688. The van der Waals surface area contributed by atoms with Crippen molar-refractivity contribution in [3.63, 3.8) is 0 Å². The standard InChI is InChI=1S/C15H14ClN3O2/c1-2-21-15(20)14-4-3-7-19(14)18-10-11-5-6-13(16)8-12(11)9-17/h3-8,18H,2,10H2,1H3. The molecule has 0 aliphatic heterocycles. The minimum atomic E-state index is -0.397. The molecule has 5 nitrogen and oxygen atoms in total. The second-order valence-electron chi connectivity index (χ2n) is 4.23. The molecule has 0 spiro atoms. The Labute approximate surface area is 127 Å². The van der Waals surface area contributed by atoms with Crippen molar-refractivity contribution in [3.05, 3.63) is 58.4 Å². The molecule has 1 heterocycles. The highest BCUT2D eigenvalue weighted by Gasteiger charge is 2.12. The molecule has 2 rings (SSSR count). The third kappa shape index (κ3) is 3.56. The molecule has 108 valence electrons. The van der Waals surface area contributed by atoms with Crippen molar-refractivity contribution in [1.29, 1.82) is 5.26 Å². The summed E-state index contributed by atoms with van der Waals surface area (Å²) in [6.45, 7) is 2.46. The average Bonchev–Trinajstić information content (AvgIpc) is 2.94. The van der Waals surface area contributed by atoms with E-state index in [1.54, 1.807) is 48.1 Å². The topological polar surface area (TPSA) is 67.0 Å². The molecule has 0 aliphatic rings. The summed E-state index contributed by atoms with van der Waals surface area (Å²) < 4.78 is 6.55. The first kappa shape index (κ1) is 14.9. The fourth-order valence-corrected chi connectivity index (χ4v) is 2.04. The van der Waals surface area contributed by atoms with Gasteiger partial charge in [-0.25, -0.2) is 4.79 Å². The number of benzene rings is 1. The molecule has 0 aliphatic carbocycles. The van der Waals surface area contributed by atoms with Crippen LogP contribution in [0.3, 0.4) is 0 Å². The molecular formula is C15H14ClN3O2. The molecule has 0 radical (unpaired) electrons. The van der Waals surface area contributed by atoms with Crippen LogP contribution in [0, 0.1) is 11.3 Å². The van der Waals surface area contributed by atoms with E-state index in [0.717, 1.165) is 5.56 Å². The first-order chi connectivity index (χ1) is 10.2. The lowest BCUT2D eigenvalue weighted by Crippen LogP contribution is -2.20. The Morgan fingerprint density at radius 2 is 2.29 bits per heavy atom. The van der Waals surface area contributed by atoms with Crippen molar-refractivity contribution in [3.8, 4) is 6.07 Å². The van der Waals surface area contributed by atoms with Gasteiger partial charge in [-0.05, 0) is 36.8 Å². The Morgan fingerprint density at radius 1 is 1.48 bits per heavy atom. The lowest BCUT2D eigenvalue weighted by atomic mass is 10.1. The van der Waals surface area contributed by atoms with Gasteiger partial charge in [0.15, 0.2) is 0 Å². The largest absolute Gasteiger partial charge is 0.461 e. The molecule has 0 bridgehead atoms. The Hall–Kier alpha value is -2.45. The molecule has 1 aromatic heterocycles.